The van der Waals surface area contributed by atoms with Crippen LogP contribution in [0.2, 0.25) is 4.34 Å². The van der Waals surface area contributed by atoms with E-state index in [1.165, 1.54) is 15.3 Å². The van der Waals surface area contributed by atoms with Crippen molar-refractivity contribution in [1.82, 2.24) is 14.2 Å². The maximum Gasteiger partial charge on any atom is 0.253 e. The minimum atomic E-state index is -3.75. The van der Waals surface area contributed by atoms with E-state index >= 15 is 0 Å². The van der Waals surface area contributed by atoms with Crippen LogP contribution in [0.3, 0.4) is 0 Å². The summed E-state index contributed by atoms with van der Waals surface area (Å²) in [6, 6.07) is 8.76. The van der Waals surface area contributed by atoms with Gasteiger partial charge in [0.15, 0.2) is 5.13 Å². The molecule has 182 valence electrons. The number of carbonyl (C=O) groups excluding carboxylic acids is 1. The Morgan fingerprint density at radius 3 is 2.59 bits per heavy atom. The molecule has 0 N–H and O–H groups in total. The molecule has 3 aromatic rings. The highest BCUT2D eigenvalue weighted by Crippen LogP contribution is 2.34. The van der Waals surface area contributed by atoms with Gasteiger partial charge in [-0.1, -0.05) is 29.4 Å². The predicted octanol–water partition coefficient (Wildman–Crippen LogP) is 4.63. The van der Waals surface area contributed by atoms with Crippen LogP contribution in [0.4, 0.5) is 5.13 Å². The van der Waals surface area contributed by atoms with E-state index in [0.29, 0.717) is 43.5 Å². The van der Waals surface area contributed by atoms with E-state index in [4.69, 9.17) is 16.6 Å². The number of aromatic nitrogens is 1. The third kappa shape index (κ3) is 4.70. The molecule has 7 nitrogen and oxygen atoms in total. The fourth-order valence-corrected chi connectivity index (χ4v) is 9.31. The van der Waals surface area contributed by atoms with Gasteiger partial charge in [0.1, 0.15) is 10.3 Å². The maximum absolute atomic E-state index is 13.5. The zero-order chi connectivity index (χ0) is 23.9. The molecule has 0 saturated carbocycles. The van der Waals surface area contributed by atoms with Crippen molar-refractivity contribution < 1.29 is 13.2 Å². The highest BCUT2D eigenvalue weighted by atomic mass is 35.5. The zero-order valence-electron chi connectivity index (χ0n) is 18.6. The van der Waals surface area contributed by atoms with Gasteiger partial charge in [-0.25, -0.2) is 13.4 Å². The topological polar surface area (TPSA) is 73.8 Å². The Kier molecular flexibility index (Phi) is 7.12. The monoisotopic (exact) mass is 556 g/mol. The molecule has 1 amide bonds. The van der Waals surface area contributed by atoms with Gasteiger partial charge in [-0.3, -0.25) is 4.79 Å². The molecule has 2 aliphatic rings. The highest BCUT2D eigenvalue weighted by molar-refractivity contribution is 7.98. The Morgan fingerprint density at radius 1 is 1.09 bits per heavy atom. The number of nitrogens with zero attached hydrogens (tertiary/aromatic N) is 4. The number of sulfonamides is 1. The number of thiazole rings is 1. The fourth-order valence-electron chi connectivity index (χ4n) is 4.48. The van der Waals surface area contributed by atoms with Crippen molar-refractivity contribution in [3.63, 3.8) is 0 Å². The second-order valence-electron chi connectivity index (χ2n) is 8.33. The molecular weight excluding hydrogens is 532 g/mol. The van der Waals surface area contributed by atoms with Gasteiger partial charge in [-0.05, 0) is 49.4 Å². The van der Waals surface area contributed by atoms with E-state index in [9.17, 15) is 13.2 Å². The van der Waals surface area contributed by atoms with Gasteiger partial charge in [0, 0.05) is 37.6 Å². The molecule has 2 fully saturated rings. The Labute approximate surface area is 216 Å². The van der Waals surface area contributed by atoms with Gasteiger partial charge in [-0.2, -0.15) is 4.31 Å². The van der Waals surface area contributed by atoms with E-state index in [2.05, 4.69) is 29.4 Å². The quantitative estimate of drug-likeness (QED) is 0.427. The third-order valence-electron chi connectivity index (χ3n) is 6.30. The number of anilines is 1. The van der Waals surface area contributed by atoms with Crippen molar-refractivity contribution in [1.29, 1.82) is 0 Å². The molecule has 0 spiro atoms. The minimum absolute atomic E-state index is 0.0977. The average molecular weight is 557 g/mol. The first-order chi connectivity index (χ1) is 16.4. The van der Waals surface area contributed by atoms with E-state index < -0.39 is 16.1 Å². The Bertz CT molecular complexity index is 1300. The normalized spacial score (nSPS) is 20.2. The molecule has 2 aliphatic heterocycles. The first-order valence-corrected chi connectivity index (χ1v) is 15.8. The molecule has 2 aromatic heterocycles. The number of thiophene rings is 1. The molecule has 34 heavy (non-hydrogen) atoms. The number of rotatable bonds is 5. The number of carbonyl (C=O) groups is 1. The van der Waals surface area contributed by atoms with Crippen LogP contribution in [-0.2, 0) is 14.8 Å². The Balaban J connectivity index is 1.28. The second-order valence-corrected chi connectivity index (χ2v) is 14.0. The van der Waals surface area contributed by atoms with Crippen molar-refractivity contribution in [3.8, 4) is 0 Å². The summed E-state index contributed by atoms with van der Waals surface area (Å²) in [5.74, 6) is -0.0977. The van der Waals surface area contributed by atoms with Crippen LogP contribution in [0.5, 0.6) is 0 Å². The van der Waals surface area contributed by atoms with Gasteiger partial charge in [-0.15, -0.1) is 23.1 Å². The van der Waals surface area contributed by atoms with Crippen LogP contribution in [0.15, 0.2) is 39.4 Å². The molecule has 0 radical (unpaired) electrons. The molecule has 12 heteroatoms. The molecule has 4 heterocycles. The molecule has 2 saturated heterocycles. The zero-order valence-corrected chi connectivity index (χ0v) is 22.7. The van der Waals surface area contributed by atoms with Gasteiger partial charge in [0.05, 0.1) is 14.6 Å². The van der Waals surface area contributed by atoms with Crippen molar-refractivity contribution in [2.75, 3.05) is 43.9 Å². The van der Waals surface area contributed by atoms with E-state index in [-0.39, 0.29) is 10.1 Å². The Morgan fingerprint density at radius 2 is 1.88 bits per heavy atom. The number of halogens is 1. The summed E-state index contributed by atoms with van der Waals surface area (Å²) in [5.41, 5.74) is 0.994. The van der Waals surface area contributed by atoms with Gasteiger partial charge in [0.2, 0.25) is 5.91 Å². The molecule has 0 bridgehead atoms. The number of thioether (sulfide) groups is 1. The first kappa shape index (κ1) is 24.3. The number of amides is 1. The average Bonchev–Trinajstić information content (AvgIpc) is 3.50. The van der Waals surface area contributed by atoms with Crippen LogP contribution in [0.1, 0.15) is 19.3 Å². The standard InChI is InChI=1S/C22H25ClN4O3S4/c1-31-15-5-6-16-18(14-15)32-22(24-16)26-12-10-25(11-13-26)21(28)17-4-2-3-9-27(17)34(29,30)20-8-7-19(23)33-20/h5-8,14,17H,2-4,9-13H2,1H3. The molecular formula is C22H25ClN4O3S4. The fraction of sp³-hybridized carbons (Fsp3) is 0.455. The lowest BCUT2D eigenvalue weighted by molar-refractivity contribution is -0.136. The SMILES string of the molecule is CSc1ccc2nc(N3CCN(C(=O)C4CCCCN4S(=O)(=O)c4ccc(Cl)s4)CC3)sc2c1. The van der Waals surface area contributed by atoms with Crippen LogP contribution in [-0.4, -0.2) is 73.5 Å². The molecule has 1 aromatic carbocycles. The summed E-state index contributed by atoms with van der Waals surface area (Å²) in [6.45, 7) is 2.83. The lowest BCUT2D eigenvalue weighted by atomic mass is 10.0. The smallest absolute Gasteiger partial charge is 0.253 e. The van der Waals surface area contributed by atoms with Crippen LogP contribution in [0, 0.1) is 0 Å². The summed E-state index contributed by atoms with van der Waals surface area (Å²) >= 11 is 10.4. The van der Waals surface area contributed by atoms with Crippen molar-refractivity contribution >= 4 is 77.3 Å². The first-order valence-electron chi connectivity index (χ1n) is 11.1. The number of fused-ring (bicyclic) bond motifs is 1. The molecule has 0 aliphatic carbocycles. The number of piperidine rings is 1. The van der Waals surface area contributed by atoms with E-state index in [0.717, 1.165) is 39.5 Å². The number of hydrogen-bond acceptors (Lipinski definition) is 8. The summed E-state index contributed by atoms with van der Waals surface area (Å²) in [6.07, 6.45) is 4.21. The highest BCUT2D eigenvalue weighted by Gasteiger charge is 2.40. The number of benzene rings is 1. The van der Waals surface area contributed by atoms with Crippen molar-refractivity contribution in [2.24, 2.45) is 0 Å². The number of hydrogen-bond donors (Lipinski definition) is 0. The lowest BCUT2D eigenvalue weighted by Gasteiger charge is -2.40. The van der Waals surface area contributed by atoms with Crippen molar-refractivity contribution in [3.05, 3.63) is 34.7 Å². The van der Waals surface area contributed by atoms with Gasteiger partial charge >= 0.3 is 0 Å². The summed E-state index contributed by atoms with van der Waals surface area (Å²) in [4.78, 5) is 23.5. The largest absolute Gasteiger partial charge is 0.345 e. The molecule has 5 rings (SSSR count). The molecule has 1 unspecified atom stereocenters. The third-order valence-corrected chi connectivity index (χ3v) is 11.7. The lowest BCUT2D eigenvalue weighted by Crippen LogP contribution is -2.57. The predicted molar refractivity (Wildman–Crippen MR) is 141 cm³/mol. The van der Waals surface area contributed by atoms with E-state index in [1.54, 1.807) is 29.2 Å². The minimum Gasteiger partial charge on any atom is -0.345 e. The summed E-state index contributed by atoms with van der Waals surface area (Å²) in [5, 5.41) is 0.969. The van der Waals surface area contributed by atoms with Crippen molar-refractivity contribution in [2.45, 2.75) is 34.4 Å². The van der Waals surface area contributed by atoms with Crippen LogP contribution >= 0.6 is 46.0 Å². The maximum atomic E-state index is 13.5. The summed E-state index contributed by atoms with van der Waals surface area (Å²) in [7, 11) is -3.75. The second kappa shape index (κ2) is 9.94. The van der Waals surface area contributed by atoms with Gasteiger partial charge < -0.3 is 9.80 Å². The van der Waals surface area contributed by atoms with Crippen LogP contribution < -0.4 is 4.90 Å². The number of piperazine rings is 1. The molecule has 1 atom stereocenters. The van der Waals surface area contributed by atoms with Crippen LogP contribution in [0.25, 0.3) is 10.2 Å². The van der Waals surface area contributed by atoms with Gasteiger partial charge in [0.25, 0.3) is 10.0 Å². The van der Waals surface area contributed by atoms with E-state index in [1.807, 2.05) is 4.90 Å². The Hall–Kier alpha value is -1.37. The summed E-state index contributed by atoms with van der Waals surface area (Å²) < 4.78 is 29.7.